The van der Waals surface area contributed by atoms with Crippen LogP contribution in [0.25, 0.3) is 0 Å². The molecule has 6 heteroatoms. The Morgan fingerprint density at radius 3 is 2.00 bits per heavy atom. The SMILES string of the molecule is CCOCCOCCOCCNC(=O)OC(C)(C)C. The van der Waals surface area contributed by atoms with E-state index in [0.29, 0.717) is 46.2 Å². The summed E-state index contributed by atoms with van der Waals surface area (Å²) in [5.41, 5.74) is -0.473. The van der Waals surface area contributed by atoms with Crippen molar-refractivity contribution in [2.24, 2.45) is 0 Å². The molecule has 0 aromatic heterocycles. The Labute approximate surface area is 115 Å². The van der Waals surface area contributed by atoms with Crippen LogP contribution >= 0.6 is 0 Å². The third-order valence-electron chi connectivity index (χ3n) is 1.86. The maximum Gasteiger partial charge on any atom is 0.407 e. The maximum atomic E-state index is 11.3. The Morgan fingerprint density at radius 2 is 1.47 bits per heavy atom. The van der Waals surface area contributed by atoms with Gasteiger partial charge in [-0.2, -0.15) is 0 Å². The summed E-state index contributed by atoms with van der Waals surface area (Å²) in [6.07, 6.45) is -0.427. The lowest BCUT2D eigenvalue weighted by molar-refractivity contribution is 0.0162. The van der Waals surface area contributed by atoms with Gasteiger partial charge < -0.3 is 24.3 Å². The zero-order chi connectivity index (χ0) is 14.6. The van der Waals surface area contributed by atoms with Gasteiger partial charge in [0.05, 0.1) is 33.0 Å². The molecule has 0 aliphatic heterocycles. The van der Waals surface area contributed by atoms with Crippen LogP contribution in [0.4, 0.5) is 4.79 Å². The molecule has 0 fully saturated rings. The number of hydrogen-bond acceptors (Lipinski definition) is 5. The van der Waals surface area contributed by atoms with Gasteiger partial charge in [0.25, 0.3) is 0 Å². The molecule has 0 unspecified atom stereocenters. The van der Waals surface area contributed by atoms with E-state index in [9.17, 15) is 4.79 Å². The molecule has 0 saturated heterocycles. The maximum absolute atomic E-state index is 11.3. The number of amides is 1. The molecule has 19 heavy (non-hydrogen) atoms. The van der Waals surface area contributed by atoms with E-state index in [1.54, 1.807) is 0 Å². The summed E-state index contributed by atoms with van der Waals surface area (Å²) in [6, 6.07) is 0. The summed E-state index contributed by atoms with van der Waals surface area (Å²) in [5, 5.41) is 2.61. The van der Waals surface area contributed by atoms with Crippen LogP contribution in [0, 0.1) is 0 Å². The van der Waals surface area contributed by atoms with Crippen LogP contribution in [0.5, 0.6) is 0 Å². The lowest BCUT2D eigenvalue weighted by Gasteiger charge is -2.19. The summed E-state index contributed by atoms with van der Waals surface area (Å²) >= 11 is 0. The zero-order valence-electron chi connectivity index (χ0n) is 12.5. The molecule has 0 aliphatic rings. The molecule has 0 saturated carbocycles. The Hall–Kier alpha value is -0.850. The van der Waals surface area contributed by atoms with Crippen molar-refractivity contribution in [1.29, 1.82) is 0 Å². The van der Waals surface area contributed by atoms with Crippen LogP contribution in [0.15, 0.2) is 0 Å². The van der Waals surface area contributed by atoms with Crippen LogP contribution in [0.3, 0.4) is 0 Å². The van der Waals surface area contributed by atoms with Crippen molar-refractivity contribution in [2.45, 2.75) is 33.3 Å². The third-order valence-corrected chi connectivity index (χ3v) is 1.86. The number of hydrogen-bond donors (Lipinski definition) is 1. The standard InChI is InChI=1S/C13H27NO5/c1-5-16-8-9-18-11-10-17-7-6-14-12(15)19-13(2,3)4/h5-11H2,1-4H3,(H,14,15). The van der Waals surface area contributed by atoms with Gasteiger partial charge >= 0.3 is 6.09 Å². The molecule has 6 nitrogen and oxygen atoms in total. The molecule has 0 bridgehead atoms. The van der Waals surface area contributed by atoms with Crippen molar-refractivity contribution in [3.63, 3.8) is 0 Å². The molecule has 0 spiro atoms. The molecular weight excluding hydrogens is 250 g/mol. The first kappa shape index (κ1) is 18.1. The molecule has 114 valence electrons. The minimum atomic E-state index is -0.473. The van der Waals surface area contributed by atoms with Gasteiger partial charge in [-0.1, -0.05) is 0 Å². The van der Waals surface area contributed by atoms with Crippen molar-refractivity contribution in [3.8, 4) is 0 Å². The minimum Gasteiger partial charge on any atom is -0.444 e. The largest absolute Gasteiger partial charge is 0.444 e. The number of rotatable bonds is 10. The molecule has 1 amide bonds. The summed E-state index contributed by atoms with van der Waals surface area (Å²) in [6.45, 7) is 11.2. The van der Waals surface area contributed by atoms with E-state index in [4.69, 9.17) is 18.9 Å². The fourth-order valence-corrected chi connectivity index (χ4v) is 1.12. The normalized spacial score (nSPS) is 11.4. The average molecular weight is 277 g/mol. The van der Waals surface area contributed by atoms with Crippen LogP contribution in [0.2, 0.25) is 0 Å². The van der Waals surface area contributed by atoms with Crippen molar-refractivity contribution < 1.29 is 23.7 Å². The molecule has 0 aliphatic carbocycles. The van der Waals surface area contributed by atoms with Gasteiger partial charge in [0.1, 0.15) is 5.60 Å². The molecule has 0 rings (SSSR count). The second kappa shape index (κ2) is 11.0. The number of carbonyl (C=O) groups is 1. The molecule has 1 N–H and O–H groups in total. The fourth-order valence-electron chi connectivity index (χ4n) is 1.12. The van der Waals surface area contributed by atoms with E-state index in [2.05, 4.69) is 5.32 Å². The van der Waals surface area contributed by atoms with Crippen LogP contribution in [0.1, 0.15) is 27.7 Å². The van der Waals surface area contributed by atoms with Crippen molar-refractivity contribution in [3.05, 3.63) is 0 Å². The third kappa shape index (κ3) is 15.1. The van der Waals surface area contributed by atoms with E-state index >= 15 is 0 Å². The molecule has 0 heterocycles. The highest BCUT2D eigenvalue weighted by atomic mass is 16.6. The van der Waals surface area contributed by atoms with Gasteiger partial charge in [-0.05, 0) is 27.7 Å². The molecule has 0 atom stereocenters. The van der Waals surface area contributed by atoms with Crippen molar-refractivity contribution in [1.82, 2.24) is 5.32 Å². The number of ether oxygens (including phenoxy) is 4. The van der Waals surface area contributed by atoms with E-state index in [1.807, 2.05) is 27.7 Å². The highest BCUT2D eigenvalue weighted by Crippen LogP contribution is 2.05. The van der Waals surface area contributed by atoms with Crippen LogP contribution < -0.4 is 5.32 Å². The second-order valence-corrected chi connectivity index (χ2v) is 4.85. The Balaban J connectivity index is 3.21. The van der Waals surface area contributed by atoms with E-state index in [0.717, 1.165) is 0 Å². The van der Waals surface area contributed by atoms with Gasteiger partial charge in [0, 0.05) is 13.2 Å². The lowest BCUT2D eigenvalue weighted by Crippen LogP contribution is -2.34. The summed E-state index contributed by atoms with van der Waals surface area (Å²) in [5.74, 6) is 0. The van der Waals surface area contributed by atoms with Gasteiger partial charge in [-0.3, -0.25) is 0 Å². The van der Waals surface area contributed by atoms with Gasteiger partial charge in [-0.15, -0.1) is 0 Å². The number of nitrogens with one attached hydrogen (secondary N) is 1. The van der Waals surface area contributed by atoms with E-state index in [1.165, 1.54) is 0 Å². The highest BCUT2D eigenvalue weighted by Gasteiger charge is 2.15. The minimum absolute atomic E-state index is 0.424. The molecular formula is C13H27NO5. The molecule has 0 aromatic carbocycles. The zero-order valence-corrected chi connectivity index (χ0v) is 12.5. The first-order valence-electron chi connectivity index (χ1n) is 6.66. The Kier molecular flexibility index (Phi) is 10.5. The predicted molar refractivity (Wildman–Crippen MR) is 72.4 cm³/mol. The van der Waals surface area contributed by atoms with Crippen molar-refractivity contribution in [2.75, 3.05) is 46.2 Å². The number of carbonyl (C=O) groups excluding carboxylic acids is 1. The molecule has 0 aromatic rings. The Bertz CT molecular complexity index is 228. The lowest BCUT2D eigenvalue weighted by atomic mass is 10.2. The van der Waals surface area contributed by atoms with Gasteiger partial charge in [0.2, 0.25) is 0 Å². The topological polar surface area (TPSA) is 66.0 Å². The smallest absolute Gasteiger partial charge is 0.407 e. The monoisotopic (exact) mass is 277 g/mol. The van der Waals surface area contributed by atoms with Gasteiger partial charge in [-0.25, -0.2) is 4.79 Å². The first-order chi connectivity index (χ1) is 8.95. The fraction of sp³-hybridized carbons (Fsp3) is 0.923. The average Bonchev–Trinajstić information content (AvgIpc) is 2.29. The molecule has 0 radical (unpaired) electrons. The highest BCUT2D eigenvalue weighted by molar-refractivity contribution is 5.67. The predicted octanol–water partition coefficient (Wildman–Crippen LogP) is 1.58. The first-order valence-corrected chi connectivity index (χ1v) is 6.66. The van der Waals surface area contributed by atoms with E-state index < -0.39 is 11.7 Å². The number of alkyl carbamates (subject to hydrolysis) is 1. The van der Waals surface area contributed by atoms with Gasteiger partial charge in [0.15, 0.2) is 0 Å². The summed E-state index contributed by atoms with van der Waals surface area (Å²) in [4.78, 5) is 11.3. The van der Waals surface area contributed by atoms with Crippen LogP contribution in [-0.4, -0.2) is 57.9 Å². The summed E-state index contributed by atoms with van der Waals surface area (Å²) in [7, 11) is 0. The quantitative estimate of drug-likeness (QED) is 0.614. The van der Waals surface area contributed by atoms with Crippen LogP contribution in [-0.2, 0) is 18.9 Å². The van der Waals surface area contributed by atoms with E-state index in [-0.39, 0.29) is 0 Å². The Morgan fingerprint density at radius 1 is 0.947 bits per heavy atom. The van der Waals surface area contributed by atoms with Crippen molar-refractivity contribution >= 4 is 6.09 Å². The summed E-state index contributed by atoms with van der Waals surface area (Å²) < 4.78 is 20.7. The second-order valence-electron chi connectivity index (χ2n) is 4.85.